The zero-order valence-electron chi connectivity index (χ0n) is 12.1. The van der Waals surface area contributed by atoms with Crippen LogP contribution >= 0.6 is 0 Å². The van der Waals surface area contributed by atoms with Crippen molar-refractivity contribution in [3.8, 4) is 11.5 Å². The second kappa shape index (κ2) is 5.32. The summed E-state index contributed by atoms with van der Waals surface area (Å²) in [4.78, 5) is 14.1. The zero-order valence-corrected chi connectivity index (χ0v) is 12.1. The van der Waals surface area contributed by atoms with Crippen LogP contribution in [0.4, 0.5) is 0 Å². The van der Waals surface area contributed by atoms with E-state index < -0.39 is 0 Å². The fourth-order valence-corrected chi connectivity index (χ4v) is 2.29. The van der Waals surface area contributed by atoms with E-state index in [1.165, 1.54) is 6.07 Å². The summed E-state index contributed by atoms with van der Waals surface area (Å²) >= 11 is 0. The molecule has 0 spiro atoms. The van der Waals surface area contributed by atoms with Crippen LogP contribution in [0.2, 0.25) is 0 Å². The van der Waals surface area contributed by atoms with Gasteiger partial charge in [-0.15, -0.1) is 0 Å². The van der Waals surface area contributed by atoms with Crippen molar-refractivity contribution in [1.82, 2.24) is 4.90 Å². The third kappa shape index (κ3) is 2.88. The van der Waals surface area contributed by atoms with Crippen LogP contribution in [-0.2, 0) is 10.2 Å². The zero-order chi connectivity index (χ0) is 14.9. The normalized spacial score (nSPS) is 16.2. The maximum Gasteiger partial charge on any atom is 0.257 e. The molecule has 0 atom stereocenters. The van der Waals surface area contributed by atoms with E-state index in [4.69, 9.17) is 4.74 Å². The number of phenolic OH excluding ortho intramolecular Hbond substituents is 2. The van der Waals surface area contributed by atoms with Gasteiger partial charge in [-0.1, -0.05) is 20.8 Å². The SMILES string of the molecule is CC(C)(C)c1cc(C(=O)N2CCOCC2)c(O)cc1O. The fourth-order valence-electron chi connectivity index (χ4n) is 2.29. The lowest BCUT2D eigenvalue weighted by Gasteiger charge is -2.28. The van der Waals surface area contributed by atoms with Gasteiger partial charge in [-0.05, 0) is 11.5 Å². The third-order valence-electron chi connectivity index (χ3n) is 3.45. The number of nitrogens with zero attached hydrogens (tertiary/aromatic N) is 1. The Balaban J connectivity index is 2.38. The lowest BCUT2D eigenvalue weighted by molar-refractivity contribution is 0.0301. The molecular weight excluding hydrogens is 258 g/mol. The Morgan fingerprint density at radius 3 is 2.30 bits per heavy atom. The minimum absolute atomic E-state index is 0.00790. The molecule has 2 rings (SSSR count). The van der Waals surface area contributed by atoms with Gasteiger partial charge in [-0.3, -0.25) is 4.79 Å². The van der Waals surface area contributed by atoms with Crippen LogP contribution in [0.25, 0.3) is 0 Å². The number of hydrogen-bond acceptors (Lipinski definition) is 4. The molecule has 5 nitrogen and oxygen atoms in total. The number of morpholine rings is 1. The van der Waals surface area contributed by atoms with E-state index in [1.54, 1.807) is 11.0 Å². The summed E-state index contributed by atoms with van der Waals surface area (Å²) in [5, 5.41) is 19.9. The van der Waals surface area contributed by atoms with Gasteiger partial charge in [-0.25, -0.2) is 0 Å². The van der Waals surface area contributed by atoms with Crippen LogP contribution in [0.1, 0.15) is 36.7 Å². The van der Waals surface area contributed by atoms with Gasteiger partial charge in [0.05, 0.1) is 18.8 Å². The molecule has 2 N–H and O–H groups in total. The Morgan fingerprint density at radius 1 is 1.15 bits per heavy atom. The van der Waals surface area contributed by atoms with Crippen LogP contribution in [-0.4, -0.2) is 47.3 Å². The smallest absolute Gasteiger partial charge is 0.257 e. The molecule has 20 heavy (non-hydrogen) atoms. The van der Waals surface area contributed by atoms with E-state index in [0.29, 0.717) is 31.9 Å². The Morgan fingerprint density at radius 2 is 1.75 bits per heavy atom. The molecule has 1 aromatic carbocycles. The number of aromatic hydroxyl groups is 2. The van der Waals surface area contributed by atoms with E-state index in [1.807, 2.05) is 20.8 Å². The Kier molecular flexibility index (Phi) is 3.90. The summed E-state index contributed by atoms with van der Waals surface area (Å²) in [5.41, 5.74) is 0.569. The highest BCUT2D eigenvalue weighted by Crippen LogP contribution is 2.35. The molecule has 0 saturated carbocycles. The predicted octanol–water partition coefficient (Wildman–Crippen LogP) is 1.87. The van der Waals surface area contributed by atoms with E-state index >= 15 is 0 Å². The summed E-state index contributed by atoms with van der Waals surface area (Å²) in [5.74, 6) is -0.406. The molecule has 0 radical (unpaired) electrons. The van der Waals surface area contributed by atoms with Gasteiger partial charge in [0.1, 0.15) is 11.5 Å². The molecule has 0 unspecified atom stereocenters. The Labute approximate surface area is 118 Å². The summed E-state index contributed by atoms with van der Waals surface area (Å²) < 4.78 is 5.22. The Hall–Kier alpha value is -1.75. The van der Waals surface area contributed by atoms with Crippen molar-refractivity contribution in [2.24, 2.45) is 0 Å². The van der Waals surface area contributed by atoms with Gasteiger partial charge in [0, 0.05) is 24.7 Å². The molecule has 0 bridgehead atoms. The van der Waals surface area contributed by atoms with Crippen molar-refractivity contribution < 1.29 is 19.7 Å². The molecule has 1 aromatic rings. The molecule has 5 heteroatoms. The molecule has 110 valence electrons. The van der Waals surface area contributed by atoms with Crippen molar-refractivity contribution >= 4 is 5.91 Å². The maximum atomic E-state index is 12.4. The number of carbonyl (C=O) groups is 1. The lowest BCUT2D eigenvalue weighted by atomic mass is 9.85. The van der Waals surface area contributed by atoms with Gasteiger partial charge >= 0.3 is 0 Å². The predicted molar refractivity (Wildman–Crippen MR) is 75.2 cm³/mol. The molecule has 1 aliphatic rings. The largest absolute Gasteiger partial charge is 0.508 e. The first-order valence-corrected chi connectivity index (χ1v) is 6.74. The first kappa shape index (κ1) is 14.7. The van der Waals surface area contributed by atoms with Crippen molar-refractivity contribution in [3.05, 3.63) is 23.3 Å². The van der Waals surface area contributed by atoms with E-state index in [2.05, 4.69) is 0 Å². The van der Waals surface area contributed by atoms with E-state index in [0.717, 1.165) is 0 Å². The van der Waals surface area contributed by atoms with Crippen LogP contribution in [0.3, 0.4) is 0 Å². The molecule has 1 fully saturated rings. The number of benzene rings is 1. The summed E-state index contributed by atoms with van der Waals surface area (Å²) in [6.45, 7) is 7.90. The number of rotatable bonds is 1. The molecule has 1 heterocycles. The molecular formula is C15H21NO4. The van der Waals surface area contributed by atoms with Gasteiger partial charge < -0.3 is 19.8 Å². The standard InChI is InChI=1S/C15H21NO4/c1-15(2,3)11-8-10(12(17)9-13(11)18)14(19)16-4-6-20-7-5-16/h8-9,17-18H,4-7H2,1-3H3. The first-order valence-electron chi connectivity index (χ1n) is 6.74. The number of ether oxygens (including phenoxy) is 1. The minimum Gasteiger partial charge on any atom is -0.508 e. The molecule has 1 amide bonds. The van der Waals surface area contributed by atoms with Crippen molar-refractivity contribution in [3.63, 3.8) is 0 Å². The minimum atomic E-state index is -0.308. The third-order valence-corrected chi connectivity index (χ3v) is 3.45. The highest BCUT2D eigenvalue weighted by molar-refractivity contribution is 5.97. The van der Waals surface area contributed by atoms with Crippen LogP contribution in [0, 0.1) is 0 Å². The average molecular weight is 279 g/mol. The molecule has 0 aliphatic carbocycles. The topological polar surface area (TPSA) is 70.0 Å². The molecule has 0 aromatic heterocycles. The highest BCUT2D eigenvalue weighted by Gasteiger charge is 2.26. The van der Waals surface area contributed by atoms with Crippen LogP contribution < -0.4 is 0 Å². The number of carbonyl (C=O) groups excluding carboxylic acids is 1. The first-order chi connectivity index (χ1) is 9.30. The quantitative estimate of drug-likeness (QED) is 0.823. The van der Waals surface area contributed by atoms with Crippen molar-refractivity contribution in [2.45, 2.75) is 26.2 Å². The fraction of sp³-hybridized carbons (Fsp3) is 0.533. The highest BCUT2D eigenvalue weighted by atomic mass is 16.5. The van der Waals surface area contributed by atoms with Crippen LogP contribution in [0.15, 0.2) is 12.1 Å². The van der Waals surface area contributed by atoms with Gasteiger partial charge in [0.25, 0.3) is 5.91 Å². The average Bonchev–Trinajstić information content (AvgIpc) is 2.37. The molecule has 1 saturated heterocycles. The number of amides is 1. The summed E-state index contributed by atoms with van der Waals surface area (Å²) in [6.07, 6.45) is 0. The number of phenols is 2. The van der Waals surface area contributed by atoms with Crippen molar-refractivity contribution in [2.75, 3.05) is 26.3 Å². The lowest BCUT2D eigenvalue weighted by Crippen LogP contribution is -2.40. The van der Waals surface area contributed by atoms with Crippen molar-refractivity contribution in [1.29, 1.82) is 0 Å². The van der Waals surface area contributed by atoms with Crippen LogP contribution in [0.5, 0.6) is 11.5 Å². The van der Waals surface area contributed by atoms with E-state index in [-0.39, 0.29) is 28.4 Å². The molecule has 1 aliphatic heterocycles. The van der Waals surface area contributed by atoms with Gasteiger partial charge in [-0.2, -0.15) is 0 Å². The van der Waals surface area contributed by atoms with Gasteiger partial charge in [0.2, 0.25) is 0 Å². The Bertz CT molecular complexity index is 513. The second-order valence-corrected chi connectivity index (χ2v) is 6.04. The van der Waals surface area contributed by atoms with E-state index in [9.17, 15) is 15.0 Å². The maximum absolute atomic E-state index is 12.4. The van der Waals surface area contributed by atoms with Gasteiger partial charge in [0.15, 0.2) is 0 Å². The second-order valence-electron chi connectivity index (χ2n) is 6.04. The number of hydrogen-bond donors (Lipinski definition) is 2. The monoisotopic (exact) mass is 279 g/mol. The summed E-state index contributed by atoms with van der Waals surface area (Å²) in [6, 6.07) is 2.83. The summed E-state index contributed by atoms with van der Waals surface area (Å²) in [7, 11) is 0.